The van der Waals surface area contributed by atoms with E-state index in [-0.39, 0.29) is 13.1 Å². The molecule has 2 aliphatic rings. The SMILES string of the molecule is CC(C)(C)OC(=O)N1CC(CC2CC2)(C(=O)O)C1. The highest BCUT2D eigenvalue weighted by atomic mass is 16.6. The third-order valence-corrected chi connectivity index (χ3v) is 3.47. The Morgan fingerprint density at radius 2 is 1.89 bits per heavy atom. The molecule has 0 aromatic rings. The average molecular weight is 255 g/mol. The first kappa shape index (κ1) is 13.2. The van der Waals surface area contributed by atoms with Gasteiger partial charge < -0.3 is 14.7 Å². The van der Waals surface area contributed by atoms with Crippen molar-refractivity contribution in [3.05, 3.63) is 0 Å². The number of hydrogen-bond acceptors (Lipinski definition) is 3. The van der Waals surface area contributed by atoms with Crippen LogP contribution in [-0.2, 0) is 9.53 Å². The van der Waals surface area contributed by atoms with Gasteiger partial charge >= 0.3 is 12.1 Å². The summed E-state index contributed by atoms with van der Waals surface area (Å²) in [6.07, 6.45) is 2.54. The highest BCUT2D eigenvalue weighted by Gasteiger charge is 2.54. The minimum atomic E-state index is -0.783. The maximum atomic E-state index is 11.8. The van der Waals surface area contributed by atoms with Crippen LogP contribution in [-0.4, -0.2) is 40.8 Å². The molecule has 1 aliphatic heterocycles. The minimum absolute atomic E-state index is 0.285. The smallest absolute Gasteiger partial charge is 0.410 e. The van der Waals surface area contributed by atoms with E-state index in [2.05, 4.69) is 0 Å². The van der Waals surface area contributed by atoms with Crippen LogP contribution in [0.2, 0.25) is 0 Å². The Morgan fingerprint density at radius 1 is 1.33 bits per heavy atom. The highest BCUT2D eigenvalue weighted by Crippen LogP contribution is 2.45. The van der Waals surface area contributed by atoms with Crippen molar-refractivity contribution in [2.75, 3.05) is 13.1 Å². The van der Waals surface area contributed by atoms with Gasteiger partial charge in [0.1, 0.15) is 11.0 Å². The molecule has 0 bridgehead atoms. The Morgan fingerprint density at radius 3 is 2.28 bits per heavy atom. The quantitative estimate of drug-likeness (QED) is 0.838. The molecule has 0 radical (unpaired) electrons. The van der Waals surface area contributed by atoms with Crippen LogP contribution in [0, 0.1) is 11.3 Å². The number of aliphatic carboxylic acids is 1. The van der Waals surface area contributed by atoms with Crippen LogP contribution in [0.1, 0.15) is 40.0 Å². The van der Waals surface area contributed by atoms with E-state index in [9.17, 15) is 14.7 Å². The van der Waals surface area contributed by atoms with Crippen LogP contribution < -0.4 is 0 Å². The number of carboxylic acids is 1. The second-order valence-corrected chi connectivity index (χ2v) is 6.57. The van der Waals surface area contributed by atoms with Gasteiger partial charge in [-0.25, -0.2) is 4.79 Å². The van der Waals surface area contributed by atoms with E-state index in [0.717, 1.165) is 12.8 Å². The molecule has 1 saturated carbocycles. The Balaban J connectivity index is 1.90. The maximum Gasteiger partial charge on any atom is 0.410 e. The predicted molar refractivity (Wildman–Crippen MR) is 65.2 cm³/mol. The molecule has 1 heterocycles. The highest BCUT2D eigenvalue weighted by molar-refractivity contribution is 5.80. The molecule has 5 heteroatoms. The fraction of sp³-hybridized carbons (Fsp3) is 0.846. The van der Waals surface area contributed by atoms with Gasteiger partial charge in [0.2, 0.25) is 0 Å². The van der Waals surface area contributed by atoms with Crippen LogP contribution >= 0.6 is 0 Å². The van der Waals surface area contributed by atoms with Crippen LogP contribution in [0.25, 0.3) is 0 Å². The molecule has 1 saturated heterocycles. The summed E-state index contributed by atoms with van der Waals surface area (Å²) < 4.78 is 5.23. The molecular weight excluding hydrogens is 234 g/mol. The van der Waals surface area contributed by atoms with Crippen LogP contribution in [0.15, 0.2) is 0 Å². The number of rotatable bonds is 3. The molecule has 2 fully saturated rings. The molecule has 0 spiro atoms. The molecule has 0 aromatic heterocycles. The fourth-order valence-electron chi connectivity index (χ4n) is 2.37. The Bertz CT molecular complexity index is 362. The van der Waals surface area contributed by atoms with Gasteiger partial charge in [-0.3, -0.25) is 4.79 Å². The van der Waals surface area contributed by atoms with Crippen molar-refractivity contribution in [1.82, 2.24) is 4.90 Å². The van der Waals surface area contributed by atoms with Crippen LogP contribution in [0.4, 0.5) is 4.79 Å². The lowest BCUT2D eigenvalue weighted by atomic mass is 9.75. The van der Waals surface area contributed by atoms with E-state index in [1.807, 2.05) is 0 Å². The number of carboxylic acid groups (broad SMARTS) is 1. The summed E-state index contributed by atoms with van der Waals surface area (Å²) in [6.45, 7) is 5.99. The van der Waals surface area contributed by atoms with Crippen molar-refractivity contribution < 1.29 is 19.4 Å². The van der Waals surface area contributed by atoms with Gasteiger partial charge in [0, 0.05) is 13.1 Å². The summed E-state index contributed by atoms with van der Waals surface area (Å²) in [6, 6.07) is 0. The van der Waals surface area contributed by atoms with E-state index in [4.69, 9.17) is 4.74 Å². The molecule has 18 heavy (non-hydrogen) atoms. The van der Waals surface area contributed by atoms with E-state index < -0.39 is 23.1 Å². The Labute approximate surface area is 107 Å². The molecule has 0 unspecified atom stereocenters. The largest absolute Gasteiger partial charge is 0.481 e. The third kappa shape index (κ3) is 2.76. The minimum Gasteiger partial charge on any atom is -0.481 e. The second kappa shape index (κ2) is 4.14. The number of ether oxygens (including phenoxy) is 1. The van der Waals surface area contributed by atoms with E-state index >= 15 is 0 Å². The summed E-state index contributed by atoms with van der Waals surface area (Å²) >= 11 is 0. The first-order chi connectivity index (χ1) is 8.22. The van der Waals surface area contributed by atoms with Gasteiger partial charge in [0.15, 0.2) is 0 Å². The zero-order chi connectivity index (χ0) is 13.6. The lowest BCUT2D eigenvalue weighted by Gasteiger charge is -2.47. The molecule has 102 valence electrons. The molecule has 0 atom stereocenters. The van der Waals surface area contributed by atoms with Gasteiger partial charge in [-0.15, -0.1) is 0 Å². The predicted octanol–water partition coefficient (Wildman–Crippen LogP) is 2.11. The topological polar surface area (TPSA) is 66.8 Å². The summed E-state index contributed by atoms with van der Waals surface area (Å²) in [5, 5.41) is 9.31. The summed E-state index contributed by atoms with van der Waals surface area (Å²) in [7, 11) is 0. The lowest BCUT2D eigenvalue weighted by Crippen LogP contribution is -2.62. The molecule has 5 nitrogen and oxygen atoms in total. The number of likely N-dealkylation sites (tertiary alicyclic amines) is 1. The average Bonchev–Trinajstić information content (AvgIpc) is 2.89. The van der Waals surface area contributed by atoms with Crippen molar-refractivity contribution in [3.8, 4) is 0 Å². The van der Waals surface area contributed by atoms with Gasteiger partial charge in [-0.05, 0) is 33.1 Å². The lowest BCUT2D eigenvalue weighted by molar-refractivity contribution is -0.160. The van der Waals surface area contributed by atoms with Gasteiger partial charge in [-0.1, -0.05) is 12.8 Å². The third-order valence-electron chi connectivity index (χ3n) is 3.47. The monoisotopic (exact) mass is 255 g/mol. The summed E-state index contributed by atoms with van der Waals surface area (Å²) in [5.41, 5.74) is -1.26. The van der Waals surface area contributed by atoms with Crippen molar-refractivity contribution in [2.24, 2.45) is 11.3 Å². The molecule has 2 rings (SSSR count). The van der Waals surface area contributed by atoms with Crippen LogP contribution in [0.5, 0.6) is 0 Å². The van der Waals surface area contributed by atoms with E-state index in [1.54, 1.807) is 20.8 Å². The molecule has 0 aromatic carbocycles. The van der Waals surface area contributed by atoms with Crippen molar-refractivity contribution >= 4 is 12.1 Å². The van der Waals surface area contributed by atoms with Crippen LogP contribution in [0.3, 0.4) is 0 Å². The molecule has 1 amide bonds. The first-order valence-corrected chi connectivity index (χ1v) is 6.43. The number of carbonyl (C=O) groups is 2. The van der Waals surface area contributed by atoms with E-state index in [1.165, 1.54) is 4.90 Å². The van der Waals surface area contributed by atoms with Crippen molar-refractivity contribution in [2.45, 2.75) is 45.6 Å². The van der Waals surface area contributed by atoms with Gasteiger partial charge in [0.25, 0.3) is 0 Å². The maximum absolute atomic E-state index is 11.8. The van der Waals surface area contributed by atoms with E-state index in [0.29, 0.717) is 12.3 Å². The number of nitrogens with zero attached hydrogens (tertiary/aromatic N) is 1. The fourth-order valence-corrected chi connectivity index (χ4v) is 2.37. The Hall–Kier alpha value is -1.26. The zero-order valence-electron chi connectivity index (χ0n) is 11.2. The number of amides is 1. The number of carbonyl (C=O) groups excluding carboxylic acids is 1. The summed E-state index contributed by atoms with van der Waals surface area (Å²) in [4.78, 5) is 24.6. The second-order valence-electron chi connectivity index (χ2n) is 6.57. The standard InChI is InChI=1S/C13H21NO4/c1-12(2,3)18-11(17)14-7-13(8-14,10(15)16)6-9-4-5-9/h9H,4-8H2,1-3H3,(H,15,16). The zero-order valence-corrected chi connectivity index (χ0v) is 11.2. The number of hydrogen-bond donors (Lipinski definition) is 1. The first-order valence-electron chi connectivity index (χ1n) is 6.43. The molecular formula is C13H21NO4. The molecule has 1 aliphatic carbocycles. The normalized spacial score (nSPS) is 22.3. The molecule has 1 N–H and O–H groups in total. The van der Waals surface area contributed by atoms with Gasteiger partial charge in [-0.2, -0.15) is 0 Å². The summed E-state index contributed by atoms with van der Waals surface area (Å²) in [5.74, 6) is -0.240. The van der Waals surface area contributed by atoms with Crippen molar-refractivity contribution in [3.63, 3.8) is 0 Å². The van der Waals surface area contributed by atoms with Crippen molar-refractivity contribution in [1.29, 1.82) is 0 Å². The van der Waals surface area contributed by atoms with Gasteiger partial charge in [0.05, 0.1) is 0 Å². The Kier molecular flexibility index (Phi) is 3.03.